The Morgan fingerprint density at radius 2 is 1.93 bits per heavy atom. The highest BCUT2D eigenvalue weighted by atomic mass is 32.2. The summed E-state index contributed by atoms with van der Waals surface area (Å²) in [6.07, 6.45) is 1.99. The molecule has 0 radical (unpaired) electrons. The summed E-state index contributed by atoms with van der Waals surface area (Å²) >= 11 is -1.55. The Hall–Kier alpha value is -3.17. The summed E-state index contributed by atoms with van der Waals surface area (Å²) in [7, 11) is 1.45. The van der Waals surface area contributed by atoms with Gasteiger partial charge in [-0.15, -0.1) is 4.72 Å². The van der Waals surface area contributed by atoms with Gasteiger partial charge in [0.25, 0.3) is 0 Å². The lowest BCUT2D eigenvalue weighted by Gasteiger charge is -2.39. The van der Waals surface area contributed by atoms with E-state index in [2.05, 4.69) is 16.1 Å². The number of carboxylic acid groups (broad SMARTS) is 1. The molecule has 4 atom stereocenters. The van der Waals surface area contributed by atoms with Crippen molar-refractivity contribution in [2.24, 2.45) is 5.92 Å². The van der Waals surface area contributed by atoms with Gasteiger partial charge < -0.3 is 19.7 Å². The zero-order chi connectivity index (χ0) is 29.9. The third-order valence-electron chi connectivity index (χ3n) is 7.79. The van der Waals surface area contributed by atoms with Crippen LogP contribution in [0.5, 0.6) is 0 Å². The van der Waals surface area contributed by atoms with Gasteiger partial charge in [0.1, 0.15) is 22.1 Å². The number of rotatable bonds is 10. The number of carbonyl (C=O) groups excluding carboxylic acids is 1. The molecule has 2 amide bonds. The molecule has 220 valence electrons. The van der Waals surface area contributed by atoms with E-state index in [1.54, 1.807) is 24.3 Å². The molecule has 3 N–H and O–H groups in total. The average Bonchev–Trinajstić information content (AvgIpc) is 3.66. The highest BCUT2D eigenvalue weighted by Crippen LogP contribution is 2.43. The lowest BCUT2D eigenvalue weighted by Crippen LogP contribution is -2.52. The Morgan fingerprint density at radius 1 is 1.22 bits per heavy atom. The average molecular weight is 585 g/mol. The summed E-state index contributed by atoms with van der Waals surface area (Å²) in [4.78, 5) is 26.0. The van der Waals surface area contributed by atoms with Crippen molar-refractivity contribution in [2.45, 2.75) is 75.3 Å². The third kappa shape index (κ3) is 7.01. The van der Waals surface area contributed by atoms with E-state index in [4.69, 9.17) is 4.74 Å². The van der Waals surface area contributed by atoms with Crippen molar-refractivity contribution in [2.75, 3.05) is 19.0 Å². The van der Waals surface area contributed by atoms with E-state index in [-0.39, 0.29) is 18.7 Å². The zero-order valence-electron chi connectivity index (χ0n) is 23.8. The van der Waals surface area contributed by atoms with Gasteiger partial charge in [0.2, 0.25) is 5.91 Å². The van der Waals surface area contributed by atoms with Gasteiger partial charge in [0, 0.05) is 24.9 Å². The molecule has 2 aromatic rings. The van der Waals surface area contributed by atoms with Crippen LogP contribution in [0.15, 0.2) is 42.5 Å². The molecule has 1 unspecified atom stereocenters. The molecule has 41 heavy (non-hydrogen) atoms. The number of nitrogens with one attached hydrogen (secondary N) is 2. The first-order valence-corrected chi connectivity index (χ1v) is 14.9. The molecular weight excluding hydrogens is 547 g/mol. The van der Waals surface area contributed by atoms with Crippen molar-refractivity contribution in [3.05, 3.63) is 65.0 Å². The first kappa shape index (κ1) is 30.8. The fourth-order valence-corrected chi connectivity index (χ4v) is 6.11. The smallest absolute Gasteiger partial charge is 0.408 e. The summed E-state index contributed by atoms with van der Waals surface area (Å²) in [5, 5.41) is 21.8. The highest BCUT2D eigenvalue weighted by Gasteiger charge is 2.44. The largest absolute Gasteiger partial charge is 0.598 e. The van der Waals surface area contributed by atoms with E-state index in [1.807, 2.05) is 26.8 Å². The topological polar surface area (TPSA) is 138 Å². The predicted molar refractivity (Wildman–Crippen MR) is 154 cm³/mol. The predicted octanol–water partition coefficient (Wildman–Crippen LogP) is 4.89. The van der Waals surface area contributed by atoms with Crippen LogP contribution in [0.1, 0.15) is 69.6 Å². The van der Waals surface area contributed by atoms with Crippen LogP contribution in [0.4, 0.5) is 14.9 Å². The van der Waals surface area contributed by atoms with Crippen molar-refractivity contribution in [1.82, 2.24) is 9.62 Å². The van der Waals surface area contributed by atoms with Crippen LogP contribution >= 0.6 is 0 Å². The molecule has 0 bridgehead atoms. The maximum atomic E-state index is 15.2. The number of ether oxygens (including phenoxy) is 1. The Balaban J connectivity index is 1.78. The molecule has 9 nitrogen and oxygen atoms in total. The molecule has 4 rings (SSSR count). The number of nitriles is 1. The van der Waals surface area contributed by atoms with Crippen molar-refractivity contribution < 1.29 is 28.4 Å². The first-order chi connectivity index (χ1) is 19.4. The second kappa shape index (κ2) is 12.4. The molecule has 0 aromatic heterocycles. The number of carbonyl (C=O) groups is 2. The van der Waals surface area contributed by atoms with E-state index in [0.717, 1.165) is 24.2 Å². The minimum absolute atomic E-state index is 0.0362. The van der Waals surface area contributed by atoms with Crippen LogP contribution in [-0.2, 0) is 26.4 Å². The number of methoxy groups -OCH3 is 1. The lowest BCUT2D eigenvalue weighted by atomic mass is 9.79. The molecule has 2 aliphatic rings. The van der Waals surface area contributed by atoms with Crippen molar-refractivity contribution in [1.29, 1.82) is 5.26 Å². The highest BCUT2D eigenvalue weighted by molar-refractivity contribution is 7.90. The third-order valence-corrected chi connectivity index (χ3v) is 9.44. The molecule has 2 fully saturated rings. The number of nitrogens with zero attached hydrogens (tertiary/aromatic N) is 2. The second-order valence-electron chi connectivity index (χ2n) is 11.8. The Bertz CT molecular complexity index is 1320. The molecule has 1 heterocycles. The summed E-state index contributed by atoms with van der Waals surface area (Å²) in [5.41, 5.74) is 0.519. The number of benzene rings is 2. The number of amides is 2. The van der Waals surface area contributed by atoms with Gasteiger partial charge in [-0.25, -0.2) is 9.18 Å². The van der Waals surface area contributed by atoms with Crippen LogP contribution in [0, 0.1) is 23.1 Å². The molecule has 2 aromatic carbocycles. The monoisotopic (exact) mass is 584 g/mol. The lowest BCUT2D eigenvalue weighted by molar-refractivity contribution is -0.120. The van der Waals surface area contributed by atoms with Crippen molar-refractivity contribution in [3.63, 3.8) is 0 Å². The van der Waals surface area contributed by atoms with Gasteiger partial charge in [-0.05, 0) is 74.9 Å². The minimum Gasteiger partial charge on any atom is -0.598 e. The number of likely N-dealkylation sites (tertiary alicyclic amines) is 1. The van der Waals surface area contributed by atoms with Crippen LogP contribution < -0.4 is 10.0 Å². The van der Waals surface area contributed by atoms with Crippen LogP contribution in [0.25, 0.3) is 0 Å². The van der Waals surface area contributed by atoms with Gasteiger partial charge in [-0.2, -0.15) is 5.26 Å². The Morgan fingerprint density at radius 3 is 2.54 bits per heavy atom. The molecule has 0 spiro atoms. The van der Waals surface area contributed by atoms with E-state index in [9.17, 15) is 24.5 Å². The van der Waals surface area contributed by atoms with Crippen molar-refractivity contribution in [3.8, 4) is 6.07 Å². The second-order valence-corrected chi connectivity index (χ2v) is 13.8. The van der Waals surface area contributed by atoms with Gasteiger partial charge in [-0.3, -0.25) is 9.69 Å². The zero-order valence-corrected chi connectivity index (χ0v) is 24.6. The van der Waals surface area contributed by atoms with Crippen LogP contribution in [-0.4, -0.2) is 57.1 Å². The van der Waals surface area contributed by atoms with Gasteiger partial charge in [-0.1, -0.05) is 31.0 Å². The fraction of sp³-hybridized carbons (Fsp3) is 0.500. The van der Waals surface area contributed by atoms with Gasteiger partial charge in [0.05, 0.1) is 30.0 Å². The van der Waals surface area contributed by atoms with E-state index in [1.165, 1.54) is 19.2 Å². The normalized spacial score (nSPS) is 21.1. The SMILES string of the molecule is CO[C@@H]1C[C@H](C(=O)Nc2cc([C@](CCC3CC3)(N[S+]([O-])C(C)(C)C)c3cccc(C#N)c3)ccc2F)N(C(=O)O)C1. The number of halogens is 1. The molecule has 1 saturated carbocycles. The van der Waals surface area contributed by atoms with Crippen LogP contribution in [0.3, 0.4) is 0 Å². The quantitative estimate of drug-likeness (QED) is 0.338. The summed E-state index contributed by atoms with van der Waals surface area (Å²) in [5.74, 6) is -0.829. The molecule has 1 saturated heterocycles. The van der Waals surface area contributed by atoms with E-state index < -0.39 is 51.6 Å². The summed E-state index contributed by atoms with van der Waals surface area (Å²) in [6.45, 7) is 5.60. The summed E-state index contributed by atoms with van der Waals surface area (Å²) < 4.78 is 36.8. The molecule has 1 aliphatic heterocycles. The Kier molecular flexibility index (Phi) is 9.29. The molecular formula is C30H37FN4O5S. The fourth-order valence-electron chi connectivity index (χ4n) is 5.15. The Labute approximate surface area is 243 Å². The van der Waals surface area contributed by atoms with E-state index in [0.29, 0.717) is 29.0 Å². The van der Waals surface area contributed by atoms with Crippen LogP contribution in [0.2, 0.25) is 0 Å². The number of hydrogen-bond acceptors (Lipinski definition) is 6. The minimum atomic E-state index is -1.55. The van der Waals surface area contributed by atoms with Crippen molar-refractivity contribution >= 4 is 29.0 Å². The van der Waals surface area contributed by atoms with E-state index >= 15 is 4.39 Å². The first-order valence-electron chi connectivity index (χ1n) is 13.7. The maximum absolute atomic E-state index is 15.2. The maximum Gasteiger partial charge on any atom is 0.408 e. The summed E-state index contributed by atoms with van der Waals surface area (Å²) in [6, 6.07) is 12.5. The molecule has 11 heteroatoms. The number of anilines is 1. The van der Waals surface area contributed by atoms with Gasteiger partial charge in [0.15, 0.2) is 0 Å². The molecule has 1 aliphatic carbocycles. The number of hydrogen-bond donors (Lipinski definition) is 3. The van der Waals surface area contributed by atoms with Gasteiger partial charge >= 0.3 is 6.09 Å². The standard InChI is InChI=1S/C30H37FN4O5S/c1-29(2,3)41(39)34-30(13-12-19-8-9-19,21-7-5-6-20(14-21)17-32)22-10-11-24(31)25(15-22)33-27(36)26-16-23(40-4)18-35(26)28(37)38/h5-7,10-11,14-15,19,23,26,34H,8-9,12-13,16,18H2,1-4H3,(H,33,36)(H,37,38)/t23-,26-,30-,41?/m1/s1.